The van der Waals surface area contributed by atoms with Crippen LogP contribution in [-0.2, 0) is 14.3 Å². The van der Waals surface area contributed by atoms with E-state index in [0.29, 0.717) is 37.1 Å². The van der Waals surface area contributed by atoms with Crippen LogP contribution >= 0.6 is 11.6 Å². The van der Waals surface area contributed by atoms with Gasteiger partial charge in [0.1, 0.15) is 5.75 Å². The number of aryl methyl sites for hydroxylation is 1. The summed E-state index contributed by atoms with van der Waals surface area (Å²) in [6.45, 7) is 5.11. The SMILES string of the molecule is Cc1cc(Cl)ccc1OCC(=O)N1CCOCC(C(=O)N2CCCC2)C1. The summed E-state index contributed by atoms with van der Waals surface area (Å²) in [6, 6.07) is 5.29. The van der Waals surface area contributed by atoms with Crippen molar-refractivity contribution in [3.05, 3.63) is 28.8 Å². The van der Waals surface area contributed by atoms with Gasteiger partial charge in [0.05, 0.1) is 19.1 Å². The summed E-state index contributed by atoms with van der Waals surface area (Å²) in [5, 5.41) is 0.633. The fourth-order valence-corrected chi connectivity index (χ4v) is 3.61. The van der Waals surface area contributed by atoms with Crippen molar-refractivity contribution in [1.82, 2.24) is 9.80 Å². The maximum atomic E-state index is 12.6. The Morgan fingerprint density at radius 2 is 2.00 bits per heavy atom. The van der Waals surface area contributed by atoms with Crippen molar-refractivity contribution in [1.29, 1.82) is 0 Å². The van der Waals surface area contributed by atoms with E-state index in [0.717, 1.165) is 31.5 Å². The Bertz CT molecular complexity index is 661. The van der Waals surface area contributed by atoms with Gasteiger partial charge in [-0.1, -0.05) is 11.6 Å². The van der Waals surface area contributed by atoms with Crippen LogP contribution in [0.25, 0.3) is 0 Å². The summed E-state index contributed by atoms with van der Waals surface area (Å²) in [6.07, 6.45) is 2.10. The van der Waals surface area contributed by atoms with E-state index in [2.05, 4.69) is 0 Å². The van der Waals surface area contributed by atoms with Crippen LogP contribution < -0.4 is 4.74 Å². The van der Waals surface area contributed by atoms with Gasteiger partial charge in [0, 0.05) is 31.2 Å². The lowest BCUT2D eigenvalue weighted by Crippen LogP contribution is -2.44. The van der Waals surface area contributed by atoms with E-state index in [4.69, 9.17) is 21.1 Å². The molecule has 2 fully saturated rings. The van der Waals surface area contributed by atoms with E-state index in [9.17, 15) is 9.59 Å². The zero-order valence-corrected chi connectivity index (χ0v) is 15.8. The first-order valence-corrected chi connectivity index (χ1v) is 9.45. The Hall–Kier alpha value is -1.79. The molecule has 0 N–H and O–H groups in total. The molecule has 2 aliphatic heterocycles. The second-order valence-electron chi connectivity index (χ2n) is 6.84. The van der Waals surface area contributed by atoms with Gasteiger partial charge in [0.15, 0.2) is 6.61 Å². The molecule has 1 unspecified atom stereocenters. The Kier molecular flexibility index (Phi) is 6.38. The lowest BCUT2D eigenvalue weighted by atomic mass is 10.1. The summed E-state index contributed by atoms with van der Waals surface area (Å²) < 4.78 is 11.2. The van der Waals surface area contributed by atoms with Gasteiger partial charge in [-0.2, -0.15) is 0 Å². The normalized spacial score (nSPS) is 20.8. The third-order valence-corrected chi connectivity index (χ3v) is 5.11. The van der Waals surface area contributed by atoms with Crippen molar-refractivity contribution < 1.29 is 19.1 Å². The average molecular weight is 381 g/mol. The zero-order chi connectivity index (χ0) is 18.5. The van der Waals surface area contributed by atoms with Gasteiger partial charge < -0.3 is 19.3 Å². The minimum atomic E-state index is -0.295. The van der Waals surface area contributed by atoms with Crippen LogP contribution in [0.15, 0.2) is 18.2 Å². The standard InChI is InChI=1S/C19H25ClN2O4/c1-14-10-16(20)4-5-17(14)26-13-18(23)22-8-9-25-12-15(11-22)19(24)21-6-2-3-7-21/h4-5,10,15H,2-3,6-9,11-13H2,1H3. The van der Waals surface area contributed by atoms with E-state index in [1.54, 1.807) is 23.1 Å². The van der Waals surface area contributed by atoms with Crippen LogP contribution in [0.1, 0.15) is 18.4 Å². The van der Waals surface area contributed by atoms with Crippen molar-refractivity contribution in [3.8, 4) is 5.75 Å². The van der Waals surface area contributed by atoms with Gasteiger partial charge in [-0.25, -0.2) is 0 Å². The molecule has 0 aliphatic carbocycles. The number of benzene rings is 1. The zero-order valence-electron chi connectivity index (χ0n) is 15.1. The Morgan fingerprint density at radius 3 is 2.73 bits per heavy atom. The predicted molar refractivity (Wildman–Crippen MR) is 98.4 cm³/mol. The van der Waals surface area contributed by atoms with E-state index in [1.807, 2.05) is 11.8 Å². The molecule has 7 heteroatoms. The number of likely N-dealkylation sites (tertiary alicyclic amines) is 1. The van der Waals surface area contributed by atoms with Crippen LogP contribution in [0, 0.1) is 12.8 Å². The summed E-state index contributed by atoms with van der Waals surface area (Å²) in [5.74, 6) is 0.302. The molecule has 26 heavy (non-hydrogen) atoms. The lowest BCUT2D eigenvalue weighted by Gasteiger charge is -2.26. The second-order valence-corrected chi connectivity index (χ2v) is 7.28. The molecule has 0 aromatic heterocycles. The number of carbonyl (C=O) groups is 2. The maximum absolute atomic E-state index is 12.6. The smallest absolute Gasteiger partial charge is 0.260 e. The number of hydrogen-bond acceptors (Lipinski definition) is 4. The fourth-order valence-electron chi connectivity index (χ4n) is 3.39. The predicted octanol–water partition coefficient (Wildman–Crippen LogP) is 2.12. The molecular formula is C19H25ClN2O4. The largest absolute Gasteiger partial charge is 0.483 e. The van der Waals surface area contributed by atoms with Crippen LogP contribution in [-0.4, -0.2) is 67.6 Å². The van der Waals surface area contributed by atoms with Crippen LogP contribution in [0.3, 0.4) is 0 Å². The molecule has 0 saturated carbocycles. The molecule has 6 nitrogen and oxygen atoms in total. The molecule has 1 aromatic rings. The van der Waals surface area contributed by atoms with Crippen molar-refractivity contribution in [2.75, 3.05) is 46.0 Å². The van der Waals surface area contributed by atoms with Gasteiger partial charge >= 0.3 is 0 Å². The monoisotopic (exact) mass is 380 g/mol. The minimum absolute atomic E-state index is 0.0624. The van der Waals surface area contributed by atoms with Gasteiger partial charge in [-0.15, -0.1) is 0 Å². The molecule has 0 radical (unpaired) electrons. The lowest BCUT2D eigenvalue weighted by molar-refractivity contribution is -0.138. The number of hydrogen-bond donors (Lipinski definition) is 0. The van der Waals surface area contributed by atoms with Crippen molar-refractivity contribution in [2.45, 2.75) is 19.8 Å². The highest BCUT2D eigenvalue weighted by Gasteiger charge is 2.31. The highest BCUT2D eigenvalue weighted by molar-refractivity contribution is 6.30. The summed E-state index contributed by atoms with van der Waals surface area (Å²) in [7, 11) is 0. The molecule has 2 amide bonds. The fraction of sp³-hybridized carbons (Fsp3) is 0.579. The average Bonchev–Trinajstić information content (AvgIpc) is 3.04. The molecule has 1 atom stereocenters. The Balaban J connectivity index is 1.57. The molecule has 2 aliphatic rings. The number of nitrogens with zero attached hydrogens (tertiary/aromatic N) is 2. The quantitative estimate of drug-likeness (QED) is 0.802. The van der Waals surface area contributed by atoms with Gasteiger partial charge in [0.25, 0.3) is 5.91 Å². The maximum Gasteiger partial charge on any atom is 0.260 e. The summed E-state index contributed by atoms with van der Waals surface area (Å²) in [4.78, 5) is 28.8. The topological polar surface area (TPSA) is 59.1 Å². The number of ether oxygens (including phenoxy) is 2. The van der Waals surface area contributed by atoms with E-state index < -0.39 is 0 Å². The number of amides is 2. The third-order valence-electron chi connectivity index (χ3n) is 4.87. The first-order valence-electron chi connectivity index (χ1n) is 9.08. The van der Waals surface area contributed by atoms with E-state index >= 15 is 0 Å². The highest BCUT2D eigenvalue weighted by Crippen LogP contribution is 2.22. The number of halogens is 1. The molecular weight excluding hydrogens is 356 g/mol. The van der Waals surface area contributed by atoms with E-state index in [-0.39, 0.29) is 24.3 Å². The number of carbonyl (C=O) groups excluding carboxylic acids is 2. The molecule has 142 valence electrons. The van der Waals surface area contributed by atoms with E-state index in [1.165, 1.54) is 0 Å². The van der Waals surface area contributed by atoms with Crippen LogP contribution in [0.5, 0.6) is 5.75 Å². The van der Waals surface area contributed by atoms with Crippen molar-refractivity contribution >= 4 is 23.4 Å². The molecule has 0 bridgehead atoms. The number of rotatable bonds is 4. The highest BCUT2D eigenvalue weighted by atomic mass is 35.5. The van der Waals surface area contributed by atoms with Crippen molar-refractivity contribution in [3.63, 3.8) is 0 Å². The second kappa shape index (κ2) is 8.73. The van der Waals surface area contributed by atoms with Gasteiger partial charge in [-0.3, -0.25) is 9.59 Å². The Labute approximate surface area is 159 Å². The first-order chi connectivity index (χ1) is 12.5. The van der Waals surface area contributed by atoms with Crippen LogP contribution in [0.4, 0.5) is 0 Å². The minimum Gasteiger partial charge on any atom is -0.483 e. The molecule has 2 saturated heterocycles. The molecule has 2 heterocycles. The molecule has 1 aromatic carbocycles. The summed E-state index contributed by atoms with van der Waals surface area (Å²) >= 11 is 5.94. The van der Waals surface area contributed by atoms with Crippen LogP contribution in [0.2, 0.25) is 5.02 Å². The third kappa shape index (κ3) is 4.68. The van der Waals surface area contributed by atoms with Gasteiger partial charge in [-0.05, 0) is 43.5 Å². The molecule has 3 rings (SSSR count). The molecule has 0 spiro atoms. The van der Waals surface area contributed by atoms with Crippen molar-refractivity contribution in [2.24, 2.45) is 5.92 Å². The van der Waals surface area contributed by atoms with Gasteiger partial charge in [0.2, 0.25) is 5.91 Å². The first kappa shape index (κ1) is 19.0. The summed E-state index contributed by atoms with van der Waals surface area (Å²) in [5.41, 5.74) is 0.881. The Morgan fingerprint density at radius 1 is 1.23 bits per heavy atom.